The van der Waals surface area contributed by atoms with Gasteiger partial charge in [-0.1, -0.05) is 46.0 Å². The van der Waals surface area contributed by atoms with Crippen LogP contribution in [0.4, 0.5) is 0 Å². The molecular weight excluding hydrogens is 476 g/mol. The molecule has 2 fully saturated rings. The first-order chi connectivity index (χ1) is 17.7. The van der Waals surface area contributed by atoms with E-state index >= 15 is 0 Å². The summed E-state index contributed by atoms with van der Waals surface area (Å²) >= 11 is 0. The molecule has 2 aliphatic rings. The zero-order valence-corrected chi connectivity index (χ0v) is 22.8. The van der Waals surface area contributed by atoms with E-state index in [2.05, 4.69) is 24.1 Å². The monoisotopic (exact) mass is 518 g/mol. The predicted molar refractivity (Wildman–Crippen MR) is 137 cm³/mol. The van der Waals surface area contributed by atoms with E-state index in [1.165, 1.54) is 52.0 Å². The van der Waals surface area contributed by atoms with Gasteiger partial charge in [-0.3, -0.25) is 9.59 Å². The highest BCUT2D eigenvalue weighted by Crippen LogP contribution is 2.36. The molecule has 1 N–H and O–H groups in total. The Bertz CT molecular complexity index is 929. The second-order valence-corrected chi connectivity index (χ2v) is 10.7. The van der Waals surface area contributed by atoms with Gasteiger partial charge in [-0.15, -0.1) is 0 Å². The molecule has 9 nitrogen and oxygen atoms in total. The molecule has 1 aliphatic heterocycles. The number of methoxy groups -OCH3 is 1. The van der Waals surface area contributed by atoms with Crippen LogP contribution in [-0.2, 0) is 19.1 Å². The third-order valence-corrected chi connectivity index (χ3v) is 7.17. The van der Waals surface area contributed by atoms with E-state index < -0.39 is 30.0 Å². The Morgan fingerprint density at radius 1 is 1.16 bits per heavy atom. The Morgan fingerprint density at radius 3 is 2.54 bits per heavy atom. The average Bonchev–Trinajstić information content (AvgIpc) is 3.36. The van der Waals surface area contributed by atoms with Gasteiger partial charge in [0.25, 0.3) is 5.91 Å². The van der Waals surface area contributed by atoms with E-state index in [4.69, 9.17) is 18.9 Å². The highest BCUT2D eigenvalue weighted by molar-refractivity contribution is 5.98. The molecule has 0 bridgehead atoms. The lowest BCUT2D eigenvalue weighted by Crippen LogP contribution is -2.45. The fourth-order valence-corrected chi connectivity index (χ4v) is 5.44. The fourth-order valence-electron chi connectivity index (χ4n) is 5.44. The molecule has 1 saturated heterocycles. The molecule has 206 valence electrons. The van der Waals surface area contributed by atoms with Gasteiger partial charge in [0, 0.05) is 25.8 Å². The zero-order chi connectivity index (χ0) is 26.9. The number of carbonyl (C=O) groups is 3. The van der Waals surface area contributed by atoms with Crippen LogP contribution in [0.25, 0.3) is 0 Å². The summed E-state index contributed by atoms with van der Waals surface area (Å²) in [4.78, 5) is 42.1. The normalized spacial score (nSPS) is 25.1. The minimum absolute atomic E-state index is 0.0846. The first-order valence-corrected chi connectivity index (χ1v) is 13.5. The number of nitrogens with one attached hydrogen (secondary N) is 1. The molecule has 0 spiro atoms. The van der Waals surface area contributed by atoms with Crippen molar-refractivity contribution in [3.8, 4) is 11.5 Å². The lowest BCUT2D eigenvalue weighted by molar-refractivity contribution is -0.162. The second-order valence-electron chi connectivity index (χ2n) is 10.7. The topological polar surface area (TPSA) is 113 Å². The predicted octanol–water partition coefficient (Wildman–Crippen LogP) is 4.47. The third kappa shape index (κ3) is 8.15. The maximum absolute atomic E-state index is 13.2. The Hall–Kier alpha value is -2.68. The largest absolute Gasteiger partial charge is 0.493 e. The van der Waals surface area contributed by atoms with Gasteiger partial charge in [-0.05, 0) is 43.9 Å². The first kappa shape index (κ1) is 28.9. The van der Waals surface area contributed by atoms with E-state index in [-0.39, 0.29) is 29.2 Å². The van der Waals surface area contributed by atoms with Crippen LogP contribution < -0.4 is 14.8 Å². The summed E-state index contributed by atoms with van der Waals surface area (Å²) in [5.41, 5.74) is -0.132. The van der Waals surface area contributed by atoms with Crippen LogP contribution in [0.2, 0.25) is 0 Å². The molecule has 1 aromatic heterocycles. The number of aromatic nitrogens is 1. The van der Waals surface area contributed by atoms with Crippen molar-refractivity contribution in [2.45, 2.75) is 97.3 Å². The summed E-state index contributed by atoms with van der Waals surface area (Å²) in [6.45, 7) is 7.94. The van der Waals surface area contributed by atoms with Crippen LogP contribution in [0, 0.1) is 17.8 Å². The SMILES string of the molecule is COc1ccnc(C(=O)NC2CCCC(CC3CCCC3)C(OCC(C)C)C(C)OC2=O)c1OC(C)=O. The molecule has 9 heteroatoms. The number of pyridine rings is 1. The fraction of sp³-hybridized carbons (Fsp3) is 0.714. The van der Waals surface area contributed by atoms with Gasteiger partial charge >= 0.3 is 11.9 Å². The van der Waals surface area contributed by atoms with E-state index in [0.29, 0.717) is 24.9 Å². The number of hydrogen-bond donors (Lipinski definition) is 1. The molecular formula is C28H42N2O7. The van der Waals surface area contributed by atoms with E-state index in [0.717, 1.165) is 19.3 Å². The van der Waals surface area contributed by atoms with Crippen molar-refractivity contribution in [1.29, 1.82) is 0 Å². The summed E-state index contributed by atoms with van der Waals surface area (Å²) < 4.78 is 22.7. The molecule has 1 saturated carbocycles. The molecule has 37 heavy (non-hydrogen) atoms. The smallest absolute Gasteiger partial charge is 0.329 e. The molecule has 4 unspecified atom stereocenters. The number of hydrogen-bond acceptors (Lipinski definition) is 8. The van der Waals surface area contributed by atoms with Crippen molar-refractivity contribution in [2.75, 3.05) is 13.7 Å². The molecule has 0 radical (unpaired) electrons. The van der Waals surface area contributed by atoms with Crippen LogP contribution in [0.5, 0.6) is 11.5 Å². The number of esters is 2. The first-order valence-electron chi connectivity index (χ1n) is 13.5. The summed E-state index contributed by atoms with van der Waals surface area (Å²) in [6, 6.07) is 0.636. The van der Waals surface area contributed by atoms with Crippen molar-refractivity contribution >= 4 is 17.8 Å². The highest BCUT2D eigenvalue weighted by atomic mass is 16.6. The van der Waals surface area contributed by atoms with Crippen molar-refractivity contribution in [3.63, 3.8) is 0 Å². The number of amides is 1. The number of rotatable bonds is 9. The summed E-state index contributed by atoms with van der Waals surface area (Å²) in [5.74, 6) is -0.299. The number of nitrogens with zero attached hydrogens (tertiary/aromatic N) is 1. The van der Waals surface area contributed by atoms with Gasteiger partial charge in [0.2, 0.25) is 5.75 Å². The Morgan fingerprint density at radius 2 is 1.89 bits per heavy atom. The summed E-state index contributed by atoms with van der Waals surface area (Å²) in [7, 11) is 1.40. The molecule has 1 amide bonds. The lowest BCUT2D eigenvalue weighted by atomic mass is 9.83. The molecule has 0 aromatic carbocycles. The van der Waals surface area contributed by atoms with Gasteiger partial charge in [0.1, 0.15) is 12.1 Å². The summed E-state index contributed by atoms with van der Waals surface area (Å²) in [6.07, 6.45) is 8.95. The highest BCUT2D eigenvalue weighted by Gasteiger charge is 2.37. The number of carbonyl (C=O) groups excluding carboxylic acids is 3. The minimum Gasteiger partial charge on any atom is -0.493 e. The second kappa shape index (κ2) is 13.7. The van der Waals surface area contributed by atoms with Crippen LogP contribution >= 0.6 is 0 Å². The van der Waals surface area contributed by atoms with E-state index in [1.807, 2.05) is 6.92 Å². The van der Waals surface area contributed by atoms with Gasteiger partial charge < -0.3 is 24.3 Å². The van der Waals surface area contributed by atoms with Crippen molar-refractivity contribution < 1.29 is 33.3 Å². The van der Waals surface area contributed by atoms with E-state index in [1.54, 1.807) is 0 Å². The van der Waals surface area contributed by atoms with Crippen LogP contribution in [0.15, 0.2) is 12.3 Å². The number of ether oxygens (including phenoxy) is 4. The quantitative estimate of drug-likeness (QED) is 0.477. The van der Waals surface area contributed by atoms with Gasteiger partial charge in [-0.2, -0.15) is 0 Å². The lowest BCUT2D eigenvalue weighted by Gasteiger charge is -2.33. The van der Waals surface area contributed by atoms with Gasteiger partial charge in [0.15, 0.2) is 11.4 Å². The maximum atomic E-state index is 13.2. The third-order valence-electron chi connectivity index (χ3n) is 7.17. The minimum atomic E-state index is -0.857. The van der Waals surface area contributed by atoms with Crippen molar-refractivity contribution in [1.82, 2.24) is 10.3 Å². The van der Waals surface area contributed by atoms with E-state index in [9.17, 15) is 14.4 Å². The van der Waals surface area contributed by atoms with Crippen molar-refractivity contribution in [2.24, 2.45) is 17.8 Å². The summed E-state index contributed by atoms with van der Waals surface area (Å²) in [5, 5.41) is 2.76. The Balaban J connectivity index is 1.77. The van der Waals surface area contributed by atoms with Gasteiger partial charge in [-0.25, -0.2) is 9.78 Å². The Kier molecular flexibility index (Phi) is 10.7. The molecule has 1 aliphatic carbocycles. The van der Waals surface area contributed by atoms with Gasteiger partial charge in [0.05, 0.1) is 13.2 Å². The molecule has 1 aromatic rings. The van der Waals surface area contributed by atoms with Crippen molar-refractivity contribution in [3.05, 3.63) is 18.0 Å². The maximum Gasteiger partial charge on any atom is 0.329 e. The molecule has 2 heterocycles. The zero-order valence-electron chi connectivity index (χ0n) is 22.8. The average molecular weight is 519 g/mol. The standard InChI is InChI=1S/C28H42N2O7/c1-17(2)16-35-25-18(3)36-28(33)22(12-8-11-21(25)15-20-9-6-7-10-20)30-27(32)24-26(37-19(4)31)23(34-5)13-14-29-24/h13-14,17-18,20-22,25H,6-12,15-16H2,1-5H3,(H,30,32). The molecule has 3 rings (SSSR count). The Labute approximate surface area is 220 Å². The van der Waals surface area contributed by atoms with Crippen LogP contribution in [0.1, 0.15) is 89.5 Å². The van der Waals surface area contributed by atoms with Crippen LogP contribution in [0.3, 0.4) is 0 Å². The van der Waals surface area contributed by atoms with Crippen LogP contribution in [-0.4, -0.2) is 54.8 Å². The number of cyclic esters (lactones) is 1. The molecule has 4 atom stereocenters.